The van der Waals surface area contributed by atoms with Crippen molar-refractivity contribution in [2.45, 2.75) is 6.92 Å². The van der Waals surface area contributed by atoms with Gasteiger partial charge < -0.3 is 10.2 Å². The molecular weight excluding hydrogens is 298 g/mol. The summed E-state index contributed by atoms with van der Waals surface area (Å²) in [6, 6.07) is 1.57. The predicted molar refractivity (Wildman–Crippen MR) is 87.8 cm³/mol. The molecular formula is C15H21N5O3. The summed E-state index contributed by atoms with van der Waals surface area (Å²) in [5.41, 5.74) is 0.0322. The number of fused-ring (bicyclic) bond motifs is 1. The molecule has 1 N–H and O–H groups in total. The molecule has 8 nitrogen and oxygen atoms in total. The average molecular weight is 319 g/mol. The molecule has 0 aromatic carbocycles. The van der Waals surface area contributed by atoms with Crippen LogP contribution in [-0.2, 0) is 14.1 Å². The van der Waals surface area contributed by atoms with Crippen molar-refractivity contribution in [3.05, 3.63) is 38.2 Å². The van der Waals surface area contributed by atoms with Crippen LogP contribution < -0.4 is 16.6 Å². The van der Waals surface area contributed by atoms with Crippen molar-refractivity contribution in [2.75, 3.05) is 27.2 Å². The van der Waals surface area contributed by atoms with E-state index in [-0.39, 0.29) is 22.5 Å². The Morgan fingerprint density at radius 3 is 2.52 bits per heavy atom. The van der Waals surface area contributed by atoms with Gasteiger partial charge in [-0.05, 0) is 27.1 Å². The molecule has 0 aliphatic heterocycles. The number of hydrogen-bond donors (Lipinski definition) is 1. The van der Waals surface area contributed by atoms with Crippen LogP contribution in [0.25, 0.3) is 11.0 Å². The summed E-state index contributed by atoms with van der Waals surface area (Å²) in [7, 11) is 6.73. The predicted octanol–water partition coefficient (Wildman–Crippen LogP) is -0.768. The number of aromatic nitrogens is 3. The number of nitrogens with one attached hydrogen (secondary N) is 1. The Bertz CT molecular complexity index is 879. The van der Waals surface area contributed by atoms with Gasteiger partial charge in [-0.15, -0.1) is 0 Å². The van der Waals surface area contributed by atoms with Gasteiger partial charge >= 0.3 is 5.69 Å². The van der Waals surface area contributed by atoms with Gasteiger partial charge in [0.15, 0.2) is 0 Å². The molecule has 23 heavy (non-hydrogen) atoms. The molecule has 0 unspecified atom stereocenters. The average Bonchev–Trinajstić information content (AvgIpc) is 2.49. The molecule has 2 aromatic heterocycles. The van der Waals surface area contributed by atoms with E-state index in [0.29, 0.717) is 18.8 Å². The van der Waals surface area contributed by atoms with Crippen molar-refractivity contribution >= 4 is 16.9 Å². The fraction of sp³-hybridized carbons (Fsp3) is 0.467. The van der Waals surface area contributed by atoms with E-state index in [1.54, 1.807) is 13.0 Å². The molecule has 0 aliphatic rings. The number of rotatable bonds is 4. The lowest BCUT2D eigenvalue weighted by molar-refractivity contribution is 0.0952. The third-order valence-electron chi connectivity index (χ3n) is 3.63. The molecule has 0 bridgehead atoms. The highest BCUT2D eigenvalue weighted by atomic mass is 16.2. The Kier molecular flexibility index (Phi) is 4.65. The second-order valence-electron chi connectivity index (χ2n) is 5.77. The summed E-state index contributed by atoms with van der Waals surface area (Å²) in [6.07, 6.45) is 0. The van der Waals surface area contributed by atoms with Crippen LogP contribution >= 0.6 is 0 Å². The van der Waals surface area contributed by atoms with Gasteiger partial charge in [0, 0.05) is 32.9 Å². The SMILES string of the molecule is Cc1cc(C(=O)NCCN(C)C)c2c(=O)n(C)c(=O)n(C)c2n1. The third kappa shape index (κ3) is 3.16. The molecule has 2 rings (SSSR count). The van der Waals surface area contributed by atoms with Crippen LogP contribution in [0.4, 0.5) is 0 Å². The molecule has 0 atom stereocenters. The molecule has 1 amide bonds. The van der Waals surface area contributed by atoms with Crippen LogP contribution in [0.1, 0.15) is 16.1 Å². The maximum atomic E-state index is 12.5. The van der Waals surface area contributed by atoms with Crippen LogP contribution in [0.2, 0.25) is 0 Å². The number of nitrogens with zero attached hydrogens (tertiary/aromatic N) is 4. The zero-order valence-corrected chi connectivity index (χ0v) is 14.0. The molecule has 8 heteroatoms. The summed E-state index contributed by atoms with van der Waals surface area (Å²) in [5.74, 6) is -0.349. The number of pyridine rings is 1. The Hall–Kier alpha value is -2.48. The van der Waals surface area contributed by atoms with E-state index in [1.807, 2.05) is 19.0 Å². The molecule has 0 radical (unpaired) electrons. The fourth-order valence-corrected chi connectivity index (χ4v) is 2.35. The number of amides is 1. The van der Waals surface area contributed by atoms with Gasteiger partial charge in [-0.3, -0.25) is 18.7 Å². The van der Waals surface area contributed by atoms with E-state index in [9.17, 15) is 14.4 Å². The minimum absolute atomic E-state index is 0.155. The largest absolute Gasteiger partial charge is 0.351 e. The van der Waals surface area contributed by atoms with Crippen molar-refractivity contribution in [1.29, 1.82) is 0 Å². The van der Waals surface area contributed by atoms with Gasteiger partial charge in [0.2, 0.25) is 0 Å². The molecule has 124 valence electrons. The van der Waals surface area contributed by atoms with E-state index < -0.39 is 11.2 Å². The standard InChI is InChI=1S/C15H21N5O3/c1-9-8-10(13(21)16-6-7-18(2)3)11-12(17-9)19(4)15(23)20(5)14(11)22/h8H,6-7H2,1-5H3,(H,16,21). The highest BCUT2D eigenvalue weighted by Crippen LogP contribution is 2.13. The van der Waals surface area contributed by atoms with Gasteiger partial charge in [-0.1, -0.05) is 0 Å². The highest BCUT2D eigenvalue weighted by Gasteiger charge is 2.18. The van der Waals surface area contributed by atoms with E-state index in [2.05, 4.69) is 10.3 Å². The van der Waals surface area contributed by atoms with Gasteiger partial charge in [0.25, 0.3) is 11.5 Å². The van der Waals surface area contributed by atoms with Gasteiger partial charge in [-0.25, -0.2) is 9.78 Å². The van der Waals surface area contributed by atoms with Crippen molar-refractivity contribution in [3.63, 3.8) is 0 Å². The monoisotopic (exact) mass is 319 g/mol. The lowest BCUT2D eigenvalue weighted by Gasteiger charge is -2.13. The quantitative estimate of drug-likeness (QED) is 0.799. The Morgan fingerprint density at radius 2 is 1.91 bits per heavy atom. The zero-order valence-electron chi connectivity index (χ0n) is 14.0. The topological polar surface area (TPSA) is 89.2 Å². The molecule has 0 saturated heterocycles. The lowest BCUT2D eigenvalue weighted by Crippen LogP contribution is -2.39. The second-order valence-corrected chi connectivity index (χ2v) is 5.77. The smallest absolute Gasteiger partial charge is 0.332 e. The van der Waals surface area contributed by atoms with Crippen molar-refractivity contribution in [3.8, 4) is 0 Å². The molecule has 2 aromatic rings. The van der Waals surface area contributed by atoms with Gasteiger partial charge in [0.05, 0.1) is 10.9 Å². The Labute approximate surface area is 133 Å². The Morgan fingerprint density at radius 1 is 1.26 bits per heavy atom. The van der Waals surface area contributed by atoms with Crippen molar-refractivity contribution < 1.29 is 4.79 Å². The maximum absolute atomic E-state index is 12.5. The third-order valence-corrected chi connectivity index (χ3v) is 3.63. The molecule has 0 saturated carbocycles. The van der Waals surface area contributed by atoms with E-state index in [4.69, 9.17) is 0 Å². The molecule has 0 aliphatic carbocycles. The number of hydrogen-bond acceptors (Lipinski definition) is 5. The van der Waals surface area contributed by atoms with Crippen molar-refractivity contribution in [2.24, 2.45) is 14.1 Å². The number of carbonyl (C=O) groups excluding carboxylic acids is 1. The zero-order chi connectivity index (χ0) is 17.3. The lowest BCUT2D eigenvalue weighted by atomic mass is 10.1. The molecule has 2 heterocycles. The summed E-state index contributed by atoms with van der Waals surface area (Å²) >= 11 is 0. The van der Waals surface area contributed by atoms with Gasteiger partial charge in [0.1, 0.15) is 5.65 Å². The fourth-order valence-electron chi connectivity index (χ4n) is 2.35. The van der Waals surface area contributed by atoms with E-state index in [1.165, 1.54) is 18.7 Å². The summed E-state index contributed by atoms with van der Waals surface area (Å²) in [4.78, 5) is 43.1. The Balaban J connectivity index is 2.63. The normalized spacial score (nSPS) is 11.2. The number of aryl methyl sites for hydroxylation is 2. The maximum Gasteiger partial charge on any atom is 0.332 e. The first-order valence-corrected chi connectivity index (χ1v) is 7.24. The van der Waals surface area contributed by atoms with Crippen molar-refractivity contribution in [1.82, 2.24) is 24.3 Å². The number of likely N-dealkylation sites (N-methyl/N-ethyl adjacent to an activating group) is 1. The van der Waals surface area contributed by atoms with Crippen LogP contribution in [0.5, 0.6) is 0 Å². The molecule has 0 spiro atoms. The van der Waals surface area contributed by atoms with E-state index in [0.717, 1.165) is 4.57 Å². The summed E-state index contributed by atoms with van der Waals surface area (Å²) in [6.45, 7) is 2.86. The molecule has 0 fully saturated rings. The highest BCUT2D eigenvalue weighted by molar-refractivity contribution is 6.05. The van der Waals surface area contributed by atoms with Crippen LogP contribution in [0.15, 0.2) is 15.7 Å². The minimum Gasteiger partial charge on any atom is -0.351 e. The van der Waals surface area contributed by atoms with Gasteiger partial charge in [-0.2, -0.15) is 0 Å². The summed E-state index contributed by atoms with van der Waals surface area (Å²) < 4.78 is 2.26. The minimum atomic E-state index is -0.520. The van der Waals surface area contributed by atoms with E-state index >= 15 is 0 Å². The first-order valence-electron chi connectivity index (χ1n) is 7.24. The van der Waals surface area contributed by atoms with Crippen LogP contribution in [0, 0.1) is 6.92 Å². The van der Waals surface area contributed by atoms with Crippen LogP contribution in [0.3, 0.4) is 0 Å². The van der Waals surface area contributed by atoms with Crippen LogP contribution in [-0.4, -0.2) is 52.1 Å². The number of carbonyl (C=O) groups is 1. The second kappa shape index (κ2) is 6.33. The first-order chi connectivity index (χ1) is 10.7. The summed E-state index contributed by atoms with van der Waals surface area (Å²) in [5, 5.41) is 2.94. The first kappa shape index (κ1) is 16.9.